The molecule has 2 aliphatic carbocycles. The molecule has 286 valence electrons. The number of allylic oxidation sites excluding steroid dienone is 10. The van der Waals surface area contributed by atoms with E-state index in [0.717, 1.165) is 24.0 Å². The van der Waals surface area contributed by atoms with Gasteiger partial charge in [-0.2, -0.15) is 0 Å². The first-order valence-electron chi connectivity index (χ1n) is 17.7. The quantitative estimate of drug-likeness (QED) is 0.126. The molecule has 0 unspecified atom stereocenters. The number of hydrazine groups is 2. The zero-order valence-electron chi connectivity index (χ0n) is 31.9. The fraction of sp³-hybridized carbons (Fsp3) is 0.350. The van der Waals surface area contributed by atoms with Gasteiger partial charge in [-0.1, -0.05) is 50.6 Å². The number of amides is 4. The number of imidazole rings is 2. The van der Waals surface area contributed by atoms with Crippen molar-refractivity contribution >= 4 is 46.3 Å². The molecule has 0 aromatic carbocycles. The lowest BCUT2D eigenvalue weighted by molar-refractivity contribution is -0.132. The molecule has 2 aromatic heterocycles. The maximum absolute atomic E-state index is 13.4. The molecule has 4 N–H and O–H groups in total. The van der Waals surface area contributed by atoms with Crippen LogP contribution in [0.5, 0.6) is 0 Å². The zero-order valence-corrected chi connectivity index (χ0v) is 31.9. The van der Waals surface area contributed by atoms with Crippen molar-refractivity contribution in [3.05, 3.63) is 108 Å². The standard InChI is InChI=1S/C40H50N8O6/c1-23(2)47(45-39(51)53-9)37(49)31-15-11-13-29(31)35-41-21-33(43-35)27(7)19-17-25(5)26(6)18-20-28(8)34-22-42-36(44-34)30-14-12-16-32(30)38(50)48(24(3)4)46-40(52)54-10/h17-24H,5-8,11-16H2,1-4,9-10H3,(H,41,43)(H,42,44)(H,45,51)(H,46,52)/b19-17-,20-18-. The fourth-order valence-electron chi connectivity index (χ4n) is 5.96. The minimum Gasteiger partial charge on any atom is -0.452 e. The van der Waals surface area contributed by atoms with Crippen molar-refractivity contribution in [2.75, 3.05) is 14.2 Å². The molecule has 0 saturated heterocycles. The van der Waals surface area contributed by atoms with Crippen molar-refractivity contribution in [3.63, 3.8) is 0 Å². The number of nitrogens with zero attached hydrogens (tertiary/aromatic N) is 4. The number of carbonyl (C=O) groups is 4. The number of H-pyrrole nitrogens is 2. The third-order valence-electron chi connectivity index (χ3n) is 9.02. The molecule has 0 atom stereocenters. The molecule has 14 nitrogen and oxygen atoms in total. The second kappa shape index (κ2) is 18.0. The van der Waals surface area contributed by atoms with Gasteiger partial charge in [0.05, 0.1) is 38.0 Å². The summed E-state index contributed by atoms with van der Waals surface area (Å²) >= 11 is 0. The second-order valence-corrected chi connectivity index (χ2v) is 13.4. The average molecular weight is 739 g/mol. The van der Waals surface area contributed by atoms with E-state index in [9.17, 15) is 19.2 Å². The highest BCUT2D eigenvalue weighted by Crippen LogP contribution is 2.35. The fourth-order valence-corrected chi connectivity index (χ4v) is 5.96. The van der Waals surface area contributed by atoms with E-state index in [4.69, 9.17) is 0 Å². The van der Waals surface area contributed by atoms with E-state index in [1.165, 1.54) is 24.2 Å². The number of hydrogen-bond donors (Lipinski definition) is 4. The summed E-state index contributed by atoms with van der Waals surface area (Å²) in [6, 6.07) is -0.574. The topological polar surface area (TPSA) is 175 Å². The van der Waals surface area contributed by atoms with E-state index >= 15 is 0 Å². The highest BCUT2D eigenvalue weighted by Gasteiger charge is 2.31. The number of methoxy groups -OCH3 is 2. The number of aromatic amines is 2. The number of aromatic nitrogens is 4. The second-order valence-electron chi connectivity index (χ2n) is 13.4. The van der Waals surface area contributed by atoms with Crippen molar-refractivity contribution in [2.45, 2.75) is 78.3 Å². The largest absolute Gasteiger partial charge is 0.452 e. The number of carbonyl (C=O) groups excluding carboxylic acids is 4. The van der Waals surface area contributed by atoms with Crippen LogP contribution in [0.4, 0.5) is 9.59 Å². The molecule has 2 aliphatic rings. The molecule has 0 spiro atoms. The summed E-state index contributed by atoms with van der Waals surface area (Å²) < 4.78 is 9.38. The number of hydrogen-bond acceptors (Lipinski definition) is 8. The summed E-state index contributed by atoms with van der Waals surface area (Å²) in [5.41, 5.74) is 11.7. The Morgan fingerprint density at radius 2 is 1.04 bits per heavy atom. The molecule has 4 amide bonds. The van der Waals surface area contributed by atoms with Crippen molar-refractivity contribution < 1.29 is 28.7 Å². The van der Waals surface area contributed by atoms with Crippen molar-refractivity contribution in [1.82, 2.24) is 40.8 Å². The Hall–Kier alpha value is -6.18. The van der Waals surface area contributed by atoms with E-state index in [1.54, 1.807) is 64.4 Å². The first kappa shape index (κ1) is 40.6. The van der Waals surface area contributed by atoms with Gasteiger partial charge in [-0.25, -0.2) is 40.4 Å². The molecule has 2 heterocycles. The Balaban J connectivity index is 1.39. The number of ether oxygens (including phenoxy) is 2. The average Bonchev–Trinajstić information content (AvgIpc) is 3.99. The molecule has 14 heteroatoms. The van der Waals surface area contributed by atoms with Gasteiger partial charge in [0.1, 0.15) is 11.6 Å². The molecule has 4 rings (SSSR count). The Bertz CT molecular complexity index is 1830. The summed E-state index contributed by atoms with van der Waals surface area (Å²) in [5.74, 6) is 0.563. The molecule has 0 bridgehead atoms. The molecule has 0 fully saturated rings. The molecule has 54 heavy (non-hydrogen) atoms. The van der Waals surface area contributed by atoms with Crippen LogP contribution < -0.4 is 10.9 Å². The highest BCUT2D eigenvalue weighted by molar-refractivity contribution is 6.03. The van der Waals surface area contributed by atoms with E-state index in [1.807, 2.05) is 0 Å². The molecule has 2 aromatic rings. The molecular formula is C40H50N8O6. The van der Waals surface area contributed by atoms with Gasteiger partial charge in [0.15, 0.2) is 0 Å². The van der Waals surface area contributed by atoms with Crippen LogP contribution in [-0.2, 0) is 19.1 Å². The minimum absolute atomic E-state index is 0.287. The van der Waals surface area contributed by atoms with Crippen LogP contribution in [0.25, 0.3) is 22.3 Å². The summed E-state index contributed by atoms with van der Waals surface area (Å²) in [5, 5.41) is 2.55. The molecular weight excluding hydrogens is 688 g/mol. The lowest BCUT2D eigenvalue weighted by atomic mass is 10.1. The summed E-state index contributed by atoms with van der Waals surface area (Å²) in [4.78, 5) is 66.2. The highest BCUT2D eigenvalue weighted by atomic mass is 16.5. The minimum atomic E-state index is -0.716. The van der Waals surface area contributed by atoms with Gasteiger partial charge in [0.2, 0.25) is 0 Å². The molecule has 0 saturated carbocycles. The smallest absolute Gasteiger partial charge is 0.425 e. The maximum Gasteiger partial charge on any atom is 0.425 e. The third-order valence-corrected chi connectivity index (χ3v) is 9.02. The predicted molar refractivity (Wildman–Crippen MR) is 208 cm³/mol. The molecule has 0 aliphatic heterocycles. The SMILES string of the molecule is C=C(/C=C\C(=C)c1cnc(C2=C(C(=O)N(NC(=O)OC)C(C)C)CCC2)[nH]1)C(=C)/C=C\C(=C)c1cnc(C2=C(C(=O)N(NC(=O)OC)C(C)C)CCC2)[nH]1. The van der Waals surface area contributed by atoms with Gasteiger partial charge in [-0.15, -0.1) is 0 Å². The van der Waals surface area contributed by atoms with Gasteiger partial charge in [-0.3, -0.25) is 9.59 Å². The van der Waals surface area contributed by atoms with Crippen molar-refractivity contribution in [2.24, 2.45) is 0 Å². The first-order chi connectivity index (χ1) is 25.7. The van der Waals surface area contributed by atoms with Crippen molar-refractivity contribution in [1.29, 1.82) is 0 Å². The van der Waals surface area contributed by atoms with Gasteiger partial charge < -0.3 is 19.4 Å². The third kappa shape index (κ3) is 9.62. The van der Waals surface area contributed by atoms with Gasteiger partial charge >= 0.3 is 12.2 Å². The van der Waals surface area contributed by atoms with Crippen LogP contribution in [0.2, 0.25) is 0 Å². The monoisotopic (exact) mass is 738 g/mol. The van der Waals surface area contributed by atoms with Crippen LogP contribution >= 0.6 is 0 Å². The predicted octanol–water partition coefficient (Wildman–Crippen LogP) is 6.98. The van der Waals surface area contributed by atoms with Crippen LogP contribution in [-0.4, -0.2) is 80.3 Å². The number of rotatable bonds is 13. The van der Waals surface area contributed by atoms with Gasteiger partial charge in [-0.05, 0) is 88.5 Å². The van der Waals surface area contributed by atoms with E-state index in [-0.39, 0.29) is 23.9 Å². The van der Waals surface area contributed by atoms with E-state index in [2.05, 4.69) is 66.6 Å². The first-order valence-corrected chi connectivity index (χ1v) is 17.7. The summed E-state index contributed by atoms with van der Waals surface area (Å²) in [6.45, 7) is 23.8. The zero-order chi connectivity index (χ0) is 39.7. The number of nitrogens with one attached hydrogen (secondary N) is 4. The summed E-state index contributed by atoms with van der Waals surface area (Å²) in [6.07, 6.45) is 13.2. The Kier molecular flexibility index (Phi) is 13.6. The Labute approximate surface area is 316 Å². The Morgan fingerprint density at radius 1 is 0.667 bits per heavy atom. The van der Waals surface area contributed by atoms with Crippen LogP contribution in [0.1, 0.15) is 89.3 Å². The summed E-state index contributed by atoms with van der Waals surface area (Å²) in [7, 11) is 2.49. The van der Waals surface area contributed by atoms with E-state index in [0.29, 0.717) is 82.2 Å². The van der Waals surface area contributed by atoms with Crippen molar-refractivity contribution in [3.8, 4) is 0 Å². The van der Waals surface area contributed by atoms with Gasteiger partial charge in [0, 0.05) is 34.4 Å². The lowest BCUT2D eigenvalue weighted by Crippen LogP contribution is -2.50. The van der Waals surface area contributed by atoms with Crippen LogP contribution in [0.3, 0.4) is 0 Å². The lowest BCUT2D eigenvalue weighted by Gasteiger charge is -2.27. The Morgan fingerprint density at radius 3 is 1.37 bits per heavy atom. The van der Waals surface area contributed by atoms with Gasteiger partial charge in [0.25, 0.3) is 11.8 Å². The van der Waals surface area contributed by atoms with Crippen LogP contribution in [0.15, 0.2) is 85.3 Å². The normalized spacial score (nSPS) is 14.3. The molecule has 0 radical (unpaired) electrons. The van der Waals surface area contributed by atoms with E-state index < -0.39 is 12.2 Å². The van der Waals surface area contributed by atoms with Crippen LogP contribution in [0, 0.1) is 0 Å². The maximum atomic E-state index is 13.4.